The monoisotopic (exact) mass is 306 g/mol. The average Bonchev–Trinajstić information content (AvgIpc) is 3.38. The fourth-order valence-electron chi connectivity index (χ4n) is 2.84. The third-order valence-electron chi connectivity index (χ3n) is 4.42. The molecule has 1 aliphatic rings. The number of fused-ring (bicyclic) bond motifs is 1. The van der Waals surface area contributed by atoms with E-state index in [1.54, 1.807) is 6.20 Å². The number of nitrogens with zero attached hydrogens (tertiary/aromatic N) is 3. The van der Waals surface area contributed by atoms with Gasteiger partial charge >= 0.3 is 0 Å². The second kappa shape index (κ2) is 5.50. The standard InChI is InChI=1S/C18H18N4O/c1-12(13-8-9-13)18(23)21-17-16(14-6-2-4-10-19-14)20-15-7-3-5-11-22(15)17/h2-7,10-13H,8-9H2,1H3,(H,21,23). The van der Waals surface area contributed by atoms with E-state index < -0.39 is 0 Å². The van der Waals surface area contributed by atoms with Gasteiger partial charge in [-0.05, 0) is 43.0 Å². The molecule has 23 heavy (non-hydrogen) atoms. The van der Waals surface area contributed by atoms with Crippen molar-refractivity contribution in [3.8, 4) is 11.4 Å². The molecule has 3 heterocycles. The Balaban J connectivity index is 1.78. The molecule has 116 valence electrons. The molecule has 1 N–H and O–H groups in total. The van der Waals surface area contributed by atoms with Crippen LogP contribution in [0.4, 0.5) is 5.82 Å². The Morgan fingerprint density at radius 2 is 2.09 bits per heavy atom. The number of carbonyl (C=O) groups excluding carboxylic acids is 1. The maximum atomic E-state index is 12.5. The lowest BCUT2D eigenvalue weighted by molar-refractivity contribution is -0.119. The highest BCUT2D eigenvalue weighted by atomic mass is 16.2. The summed E-state index contributed by atoms with van der Waals surface area (Å²) in [5.41, 5.74) is 2.25. The first kappa shape index (κ1) is 13.9. The number of pyridine rings is 2. The zero-order valence-electron chi connectivity index (χ0n) is 12.9. The van der Waals surface area contributed by atoms with Gasteiger partial charge in [0.15, 0.2) is 0 Å². The minimum Gasteiger partial charge on any atom is -0.310 e. The van der Waals surface area contributed by atoms with Crippen molar-refractivity contribution in [2.24, 2.45) is 11.8 Å². The third kappa shape index (κ3) is 2.59. The maximum absolute atomic E-state index is 12.5. The summed E-state index contributed by atoms with van der Waals surface area (Å²) in [7, 11) is 0. The van der Waals surface area contributed by atoms with E-state index >= 15 is 0 Å². The van der Waals surface area contributed by atoms with Crippen LogP contribution in [0.3, 0.4) is 0 Å². The first-order valence-corrected chi connectivity index (χ1v) is 7.93. The van der Waals surface area contributed by atoms with Crippen molar-refractivity contribution in [3.05, 3.63) is 48.8 Å². The quantitative estimate of drug-likeness (QED) is 0.804. The minimum atomic E-state index is 0.0286. The number of amides is 1. The molecule has 1 unspecified atom stereocenters. The molecule has 5 heteroatoms. The summed E-state index contributed by atoms with van der Waals surface area (Å²) >= 11 is 0. The van der Waals surface area contributed by atoms with Crippen molar-refractivity contribution in [2.75, 3.05) is 5.32 Å². The molecule has 0 aliphatic heterocycles. The van der Waals surface area contributed by atoms with Crippen LogP contribution in [0.15, 0.2) is 48.8 Å². The number of anilines is 1. The van der Waals surface area contributed by atoms with Crippen LogP contribution < -0.4 is 5.32 Å². The number of hydrogen-bond donors (Lipinski definition) is 1. The summed E-state index contributed by atoms with van der Waals surface area (Å²) in [6.45, 7) is 2.00. The number of hydrogen-bond acceptors (Lipinski definition) is 3. The Morgan fingerprint density at radius 3 is 2.83 bits per heavy atom. The molecule has 1 atom stereocenters. The number of carbonyl (C=O) groups is 1. The predicted octanol–water partition coefficient (Wildman–Crippen LogP) is 3.38. The van der Waals surface area contributed by atoms with Gasteiger partial charge in [0.1, 0.15) is 17.2 Å². The molecule has 1 amide bonds. The summed E-state index contributed by atoms with van der Waals surface area (Å²) in [6, 6.07) is 11.5. The highest BCUT2D eigenvalue weighted by molar-refractivity contribution is 5.95. The Kier molecular flexibility index (Phi) is 3.33. The van der Waals surface area contributed by atoms with E-state index in [1.807, 2.05) is 53.9 Å². The summed E-state index contributed by atoms with van der Waals surface area (Å²) in [5.74, 6) is 1.29. The van der Waals surface area contributed by atoms with E-state index in [2.05, 4.69) is 15.3 Å². The van der Waals surface area contributed by atoms with Crippen LogP contribution in [0.1, 0.15) is 19.8 Å². The molecule has 5 nitrogen and oxygen atoms in total. The highest BCUT2D eigenvalue weighted by Crippen LogP contribution is 2.37. The maximum Gasteiger partial charge on any atom is 0.228 e. The van der Waals surface area contributed by atoms with E-state index in [-0.39, 0.29) is 11.8 Å². The first-order valence-electron chi connectivity index (χ1n) is 7.93. The summed E-state index contributed by atoms with van der Waals surface area (Å²) < 4.78 is 1.90. The molecule has 4 rings (SSSR count). The van der Waals surface area contributed by atoms with Crippen molar-refractivity contribution < 1.29 is 4.79 Å². The Hall–Kier alpha value is -2.69. The van der Waals surface area contributed by atoms with Crippen LogP contribution >= 0.6 is 0 Å². The van der Waals surface area contributed by atoms with Crippen molar-refractivity contribution in [2.45, 2.75) is 19.8 Å². The molecular formula is C18H18N4O. The van der Waals surface area contributed by atoms with Gasteiger partial charge in [-0.15, -0.1) is 0 Å². The van der Waals surface area contributed by atoms with E-state index in [0.29, 0.717) is 17.4 Å². The summed E-state index contributed by atoms with van der Waals surface area (Å²) in [6.07, 6.45) is 5.94. The number of imidazole rings is 1. The lowest BCUT2D eigenvalue weighted by atomic mass is 10.1. The van der Waals surface area contributed by atoms with Gasteiger partial charge in [-0.2, -0.15) is 0 Å². The van der Waals surface area contributed by atoms with Gasteiger partial charge in [-0.25, -0.2) is 4.98 Å². The normalized spacial score (nSPS) is 15.5. The molecule has 0 spiro atoms. The molecule has 0 radical (unpaired) electrons. The molecular weight excluding hydrogens is 288 g/mol. The molecule has 1 saturated carbocycles. The third-order valence-corrected chi connectivity index (χ3v) is 4.42. The van der Waals surface area contributed by atoms with Gasteiger partial charge in [0, 0.05) is 18.3 Å². The van der Waals surface area contributed by atoms with E-state index in [0.717, 1.165) is 24.2 Å². The predicted molar refractivity (Wildman–Crippen MR) is 88.9 cm³/mol. The molecule has 3 aromatic heterocycles. The first-order chi connectivity index (χ1) is 11.2. The lowest BCUT2D eigenvalue weighted by Gasteiger charge is -2.12. The SMILES string of the molecule is CC(C(=O)Nc1c(-c2ccccn2)nc2ccccn12)C1CC1. The largest absolute Gasteiger partial charge is 0.310 e. The molecule has 3 aromatic rings. The molecule has 0 saturated heterocycles. The van der Waals surface area contributed by atoms with Gasteiger partial charge in [-0.1, -0.05) is 19.1 Å². The van der Waals surface area contributed by atoms with Gasteiger partial charge < -0.3 is 5.32 Å². The van der Waals surface area contributed by atoms with Crippen LogP contribution in [-0.2, 0) is 4.79 Å². The van der Waals surface area contributed by atoms with Crippen LogP contribution in [0.2, 0.25) is 0 Å². The Morgan fingerprint density at radius 1 is 1.26 bits per heavy atom. The van der Waals surface area contributed by atoms with Crippen LogP contribution in [-0.4, -0.2) is 20.3 Å². The second-order valence-electron chi connectivity index (χ2n) is 6.07. The van der Waals surface area contributed by atoms with Crippen LogP contribution in [0.25, 0.3) is 17.0 Å². The highest BCUT2D eigenvalue weighted by Gasteiger charge is 2.33. The van der Waals surface area contributed by atoms with Gasteiger partial charge in [-0.3, -0.25) is 14.2 Å². The molecule has 1 fully saturated rings. The Labute approximate surface area is 134 Å². The van der Waals surface area contributed by atoms with Crippen LogP contribution in [0.5, 0.6) is 0 Å². The van der Waals surface area contributed by atoms with Crippen molar-refractivity contribution >= 4 is 17.4 Å². The van der Waals surface area contributed by atoms with Crippen molar-refractivity contribution in [1.29, 1.82) is 0 Å². The second-order valence-corrected chi connectivity index (χ2v) is 6.07. The van der Waals surface area contributed by atoms with Gasteiger partial charge in [0.25, 0.3) is 0 Å². The zero-order valence-corrected chi connectivity index (χ0v) is 12.9. The number of aromatic nitrogens is 3. The Bertz CT molecular complexity index is 852. The van der Waals surface area contributed by atoms with Crippen molar-refractivity contribution in [1.82, 2.24) is 14.4 Å². The molecule has 0 aromatic carbocycles. The summed E-state index contributed by atoms with van der Waals surface area (Å²) in [4.78, 5) is 21.6. The number of nitrogens with one attached hydrogen (secondary N) is 1. The molecule has 0 bridgehead atoms. The fraction of sp³-hybridized carbons (Fsp3) is 0.278. The minimum absolute atomic E-state index is 0.0286. The topological polar surface area (TPSA) is 59.3 Å². The smallest absolute Gasteiger partial charge is 0.228 e. The van der Waals surface area contributed by atoms with Crippen LogP contribution in [0, 0.1) is 11.8 Å². The van der Waals surface area contributed by atoms with E-state index in [9.17, 15) is 4.79 Å². The van der Waals surface area contributed by atoms with E-state index in [4.69, 9.17) is 0 Å². The lowest BCUT2D eigenvalue weighted by Crippen LogP contribution is -2.23. The fourth-order valence-corrected chi connectivity index (χ4v) is 2.84. The average molecular weight is 306 g/mol. The van der Waals surface area contributed by atoms with Gasteiger partial charge in [0.2, 0.25) is 5.91 Å². The number of rotatable bonds is 4. The van der Waals surface area contributed by atoms with Crippen molar-refractivity contribution in [3.63, 3.8) is 0 Å². The zero-order chi connectivity index (χ0) is 15.8. The summed E-state index contributed by atoms with van der Waals surface area (Å²) in [5, 5.41) is 3.07. The van der Waals surface area contributed by atoms with E-state index in [1.165, 1.54) is 0 Å². The molecule has 1 aliphatic carbocycles. The van der Waals surface area contributed by atoms with Gasteiger partial charge in [0.05, 0.1) is 5.69 Å².